The van der Waals surface area contributed by atoms with Gasteiger partial charge >= 0.3 is 0 Å². The van der Waals surface area contributed by atoms with Crippen molar-refractivity contribution < 1.29 is 9.90 Å². The van der Waals surface area contributed by atoms with E-state index in [4.69, 9.17) is 5.11 Å². The lowest BCUT2D eigenvalue weighted by Gasteiger charge is -2.38. The first-order valence-electron chi connectivity index (χ1n) is 7.87. The van der Waals surface area contributed by atoms with E-state index in [-0.39, 0.29) is 0 Å². The van der Waals surface area contributed by atoms with Gasteiger partial charge in [-0.25, -0.2) is 0 Å². The lowest BCUT2D eigenvalue weighted by Crippen LogP contribution is -2.49. The summed E-state index contributed by atoms with van der Waals surface area (Å²) in [5, 5.41) is 9.14. The second-order valence-corrected chi connectivity index (χ2v) is 6.05. The normalized spacial score (nSPS) is 26.6. The van der Waals surface area contributed by atoms with Gasteiger partial charge in [0.05, 0.1) is 6.54 Å². The molecular weight excluding hydrogens is 240 g/mol. The summed E-state index contributed by atoms with van der Waals surface area (Å²) in [6.45, 7) is 5.93. The Morgan fingerprint density at radius 1 is 1.16 bits per heavy atom. The molecule has 1 N–H and O–H groups in total. The number of rotatable bonds is 4. The van der Waals surface area contributed by atoms with Gasteiger partial charge in [-0.15, -0.1) is 0 Å². The van der Waals surface area contributed by atoms with Gasteiger partial charge in [-0.05, 0) is 57.5 Å². The quantitative estimate of drug-likeness (QED) is 0.840. The maximum absolute atomic E-state index is 12.4. The fourth-order valence-electron chi connectivity index (χ4n) is 3.36. The number of carbonyl (C=O) groups excluding carboxylic acids is 1. The zero-order valence-corrected chi connectivity index (χ0v) is 12.2. The van der Waals surface area contributed by atoms with E-state index in [0.29, 0.717) is 31.0 Å². The summed E-state index contributed by atoms with van der Waals surface area (Å²) < 4.78 is 0. The number of likely N-dealkylation sites (tertiary alicyclic amines) is 2. The van der Waals surface area contributed by atoms with Crippen LogP contribution in [0.4, 0.5) is 0 Å². The molecule has 2 rings (SSSR count). The number of piperidine rings is 2. The topological polar surface area (TPSA) is 43.8 Å². The van der Waals surface area contributed by atoms with Crippen LogP contribution in [0.1, 0.15) is 45.4 Å². The molecule has 2 fully saturated rings. The number of aliphatic hydroxyl groups is 1. The van der Waals surface area contributed by atoms with E-state index in [0.717, 1.165) is 45.3 Å². The third-order valence-corrected chi connectivity index (χ3v) is 4.74. The van der Waals surface area contributed by atoms with Crippen LogP contribution >= 0.6 is 0 Å². The highest BCUT2D eigenvalue weighted by Gasteiger charge is 2.27. The summed E-state index contributed by atoms with van der Waals surface area (Å²) in [6.07, 6.45) is 6.74. The van der Waals surface area contributed by atoms with Crippen LogP contribution in [0.15, 0.2) is 0 Å². The van der Waals surface area contributed by atoms with Crippen molar-refractivity contribution in [1.29, 1.82) is 0 Å². The molecule has 110 valence electrons. The van der Waals surface area contributed by atoms with Crippen molar-refractivity contribution in [2.45, 2.75) is 51.5 Å². The summed E-state index contributed by atoms with van der Waals surface area (Å²) in [4.78, 5) is 16.8. The minimum Gasteiger partial charge on any atom is -0.396 e. The monoisotopic (exact) mass is 268 g/mol. The molecule has 0 bridgehead atoms. The summed E-state index contributed by atoms with van der Waals surface area (Å²) >= 11 is 0. The molecule has 1 atom stereocenters. The Morgan fingerprint density at radius 3 is 2.53 bits per heavy atom. The van der Waals surface area contributed by atoms with Crippen LogP contribution in [0.2, 0.25) is 0 Å². The predicted molar refractivity (Wildman–Crippen MR) is 75.9 cm³/mol. The van der Waals surface area contributed by atoms with E-state index in [1.165, 1.54) is 12.8 Å². The van der Waals surface area contributed by atoms with Crippen molar-refractivity contribution in [2.75, 3.05) is 32.8 Å². The van der Waals surface area contributed by atoms with Crippen LogP contribution in [-0.2, 0) is 4.79 Å². The summed E-state index contributed by atoms with van der Waals surface area (Å²) in [5.41, 5.74) is 0. The highest BCUT2D eigenvalue weighted by Crippen LogP contribution is 2.21. The second kappa shape index (κ2) is 7.25. The third-order valence-electron chi connectivity index (χ3n) is 4.74. The lowest BCUT2D eigenvalue weighted by molar-refractivity contribution is -0.136. The fraction of sp³-hybridized carbons (Fsp3) is 0.933. The van der Waals surface area contributed by atoms with E-state index >= 15 is 0 Å². The summed E-state index contributed by atoms with van der Waals surface area (Å²) in [5.74, 6) is 0.763. The first kappa shape index (κ1) is 14.8. The Bertz CT molecular complexity index is 288. The van der Waals surface area contributed by atoms with E-state index in [1.54, 1.807) is 0 Å². The largest absolute Gasteiger partial charge is 0.396 e. The van der Waals surface area contributed by atoms with E-state index < -0.39 is 0 Å². The van der Waals surface area contributed by atoms with Crippen molar-refractivity contribution in [2.24, 2.45) is 5.92 Å². The Labute approximate surface area is 116 Å². The van der Waals surface area contributed by atoms with Gasteiger partial charge in [0.15, 0.2) is 0 Å². The predicted octanol–water partition coefficient (Wildman–Crippen LogP) is 1.48. The van der Waals surface area contributed by atoms with E-state index in [1.807, 2.05) is 0 Å². The molecule has 2 saturated heterocycles. The van der Waals surface area contributed by atoms with Crippen LogP contribution in [0, 0.1) is 5.92 Å². The standard InChI is InChI=1S/C15H28N2O2/c1-2-14-5-3-4-8-17(14)15(19)11-16-9-6-13(12-18)7-10-16/h13-14,18H,2-12H2,1H3. The molecule has 19 heavy (non-hydrogen) atoms. The maximum atomic E-state index is 12.4. The number of aliphatic hydroxyl groups excluding tert-OH is 1. The minimum absolute atomic E-state index is 0.297. The fourth-order valence-corrected chi connectivity index (χ4v) is 3.36. The second-order valence-electron chi connectivity index (χ2n) is 6.05. The smallest absolute Gasteiger partial charge is 0.236 e. The zero-order valence-electron chi connectivity index (χ0n) is 12.2. The molecular formula is C15H28N2O2. The molecule has 1 amide bonds. The first-order valence-corrected chi connectivity index (χ1v) is 7.87. The van der Waals surface area contributed by atoms with Crippen LogP contribution in [-0.4, -0.2) is 59.6 Å². The molecule has 0 aliphatic carbocycles. The molecule has 1 unspecified atom stereocenters. The first-order chi connectivity index (χ1) is 9.24. The van der Waals surface area contributed by atoms with Gasteiger partial charge in [-0.1, -0.05) is 6.92 Å². The average molecular weight is 268 g/mol. The highest BCUT2D eigenvalue weighted by molar-refractivity contribution is 5.78. The summed E-state index contributed by atoms with van der Waals surface area (Å²) in [6, 6.07) is 0.469. The molecule has 0 aromatic heterocycles. The highest BCUT2D eigenvalue weighted by atomic mass is 16.3. The number of hydrogen-bond donors (Lipinski definition) is 1. The molecule has 4 nitrogen and oxygen atoms in total. The minimum atomic E-state index is 0.297. The molecule has 0 saturated carbocycles. The van der Waals surface area contributed by atoms with Crippen molar-refractivity contribution >= 4 is 5.91 Å². The molecule has 4 heteroatoms. The Kier molecular flexibility index (Phi) is 5.64. The summed E-state index contributed by atoms with van der Waals surface area (Å²) in [7, 11) is 0. The molecule has 2 aliphatic heterocycles. The molecule has 0 aromatic rings. The van der Waals surface area contributed by atoms with Gasteiger partial charge in [0.1, 0.15) is 0 Å². The Hall–Kier alpha value is -0.610. The Morgan fingerprint density at radius 2 is 1.89 bits per heavy atom. The number of amides is 1. The van der Waals surface area contributed by atoms with Gasteiger partial charge in [-0.3, -0.25) is 9.69 Å². The van der Waals surface area contributed by atoms with Crippen LogP contribution < -0.4 is 0 Å². The number of carbonyl (C=O) groups is 1. The maximum Gasteiger partial charge on any atom is 0.236 e. The third kappa shape index (κ3) is 3.93. The molecule has 2 heterocycles. The average Bonchev–Trinajstić information content (AvgIpc) is 2.48. The number of nitrogens with zero attached hydrogens (tertiary/aromatic N) is 2. The van der Waals surface area contributed by atoms with Crippen molar-refractivity contribution in [1.82, 2.24) is 9.80 Å². The zero-order chi connectivity index (χ0) is 13.7. The number of hydrogen-bond acceptors (Lipinski definition) is 3. The molecule has 0 radical (unpaired) electrons. The Balaban J connectivity index is 1.80. The van der Waals surface area contributed by atoms with Crippen LogP contribution in [0.3, 0.4) is 0 Å². The van der Waals surface area contributed by atoms with Crippen LogP contribution in [0.25, 0.3) is 0 Å². The molecule has 0 aromatic carbocycles. The van der Waals surface area contributed by atoms with Gasteiger partial charge < -0.3 is 10.0 Å². The van der Waals surface area contributed by atoms with E-state index in [2.05, 4.69) is 16.7 Å². The van der Waals surface area contributed by atoms with Crippen molar-refractivity contribution in [3.05, 3.63) is 0 Å². The molecule has 0 spiro atoms. The van der Waals surface area contributed by atoms with Crippen LogP contribution in [0.5, 0.6) is 0 Å². The van der Waals surface area contributed by atoms with Gasteiger partial charge in [-0.2, -0.15) is 0 Å². The van der Waals surface area contributed by atoms with E-state index in [9.17, 15) is 4.79 Å². The lowest BCUT2D eigenvalue weighted by atomic mass is 9.97. The molecule has 2 aliphatic rings. The van der Waals surface area contributed by atoms with Gasteiger partial charge in [0, 0.05) is 19.2 Å². The SMILES string of the molecule is CCC1CCCCN1C(=O)CN1CCC(CO)CC1. The van der Waals surface area contributed by atoms with Gasteiger partial charge in [0.2, 0.25) is 5.91 Å². The van der Waals surface area contributed by atoms with Crippen molar-refractivity contribution in [3.63, 3.8) is 0 Å². The van der Waals surface area contributed by atoms with Gasteiger partial charge in [0.25, 0.3) is 0 Å². The van der Waals surface area contributed by atoms with Crippen molar-refractivity contribution in [3.8, 4) is 0 Å².